The summed E-state index contributed by atoms with van der Waals surface area (Å²) in [6, 6.07) is 0. The first kappa shape index (κ1) is 8.78. The second kappa shape index (κ2) is 2.63. The second-order valence-electron chi connectivity index (χ2n) is 2.45. The van der Waals surface area contributed by atoms with E-state index in [0.717, 1.165) is 0 Å². The first-order valence-electron chi connectivity index (χ1n) is 3.16. The Bertz CT molecular complexity index is 238. The Kier molecular flexibility index (Phi) is 1.92. The zero-order valence-corrected chi connectivity index (χ0v) is 6.21. The van der Waals surface area contributed by atoms with Crippen LogP contribution < -0.4 is 0 Å². The minimum atomic E-state index is -3.18. The van der Waals surface area contributed by atoms with Crippen molar-refractivity contribution >= 4 is 6.16 Å². The molecule has 0 saturated carbocycles. The number of ether oxygens (including phenoxy) is 2. The lowest BCUT2D eigenvalue weighted by Gasteiger charge is -2.17. The van der Waals surface area contributed by atoms with Crippen LogP contribution in [0.4, 0.5) is 13.6 Å². The molecule has 0 radical (unpaired) electrons. The predicted octanol–water partition coefficient (Wildman–Crippen LogP) is 1.18. The topological polar surface area (TPSA) is 35.5 Å². The zero-order valence-electron chi connectivity index (χ0n) is 6.21. The third-order valence-electron chi connectivity index (χ3n) is 1.39. The fourth-order valence-electron chi connectivity index (χ4n) is 0.849. The number of alkyl halides is 2. The molecule has 2 atom stereocenters. The van der Waals surface area contributed by atoms with Crippen molar-refractivity contribution in [2.45, 2.75) is 25.1 Å². The maximum atomic E-state index is 12.6. The molecule has 0 amide bonds. The molecule has 1 rings (SSSR count). The van der Waals surface area contributed by atoms with E-state index in [4.69, 9.17) is 6.42 Å². The van der Waals surface area contributed by atoms with E-state index >= 15 is 0 Å². The summed E-state index contributed by atoms with van der Waals surface area (Å²) in [6.07, 6.45) is 0.729. The molecule has 0 N–H and O–H groups in total. The maximum Gasteiger partial charge on any atom is 0.510 e. The van der Waals surface area contributed by atoms with E-state index in [1.807, 2.05) is 5.92 Å². The van der Waals surface area contributed by atoms with Crippen LogP contribution in [0.3, 0.4) is 0 Å². The van der Waals surface area contributed by atoms with Crippen molar-refractivity contribution in [2.75, 3.05) is 0 Å². The summed E-state index contributed by atoms with van der Waals surface area (Å²) in [6.45, 7) is 0.615. The van der Waals surface area contributed by atoms with Gasteiger partial charge in [-0.1, -0.05) is 5.92 Å². The number of terminal acetylenes is 1. The van der Waals surface area contributed by atoms with E-state index in [2.05, 4.69) is 9.47 Å². The van der Waals surface area contributed by atoms with E-state index in [9.17, 15) is 13.6 Å². The van der Waals surface area contributed by atoms with E-state index in [-0.39, 0.29) is 0 Å². The van der Waals surface area contributed by atoms with Crippen LogP contribution >= 0.6 is 0 Å². The Labute approximate surface area is 67.6 Å². The number of rotatable bonds is 1. The smallest absolute Gasteiger partial charge is 0.419 e. The molecule has 3 nitrogen and oxygen atoms in total. The number of hydrogen-bond donors (Lipinski definition) is 0. The molecule has 2 unspecified atom stereocenters. The van der Waals surface area contributed by atoms with E-state index in [1.54, 1.807) is 0 Å². The van der Waals surface area contributed by atoms with E-state index in [0.29, 0.717) is 6.92 Å². The average Bonchev–Trinajstić information content (AvgIpc) is 2.29. The van der Waals surface area contributed by atoms with Gasteiger partial charge in [0.2, 0.25) is 12.2 Å². The molecule has 1 aliphatic rings. The molecular formula is C7H6F2O3. The molecule has 0 aromatic carbocycles. The molecule has 66 valence electrons. The van der Waals surface area contributed by atoms with Gasteiger partial charge in [-0.3, -0.25) is 0 Å². The highest BCUT2D eigenvalue weighted by Crippen LogP contribution is 2.29. The standard InChI is InChI=1S/C7H6F2O3/c1-3-4-5(7(2,8)9)12-6(10)11-4/h1,4-5H,2H3. The van der Waals surface area contributed by atoms with Gasteiger partial charge < -0.3 is 9.47 Å². The summed E-state index contributed by atoms with van der Waals surface area (Å²) >= 11 is 0. The van der Waals surface area contributed by atoms with E-state index < -0.39 is 24.3 Å². The lowest BCUT2D eigenvalue weighted by atomic mass is 10.1. The Morgan fingerprint density at radius 3 is 2.50 bits per heavy atom. The third kappa shape index (κ3) is 1.47. The van der Waals surface area contributed by atoms with Crippen molar-refractivity contribution in [2.24, 2.45) is 0 Å². The molecule has 5 heteroatoms. The van der Waals surface area contributed by atoms with Crippen molar-refractivity contribution < 1.29 is 23.0 Å². The van der Waals surface area contributed by atoms with Gasteiger partial charge in [-0.15, -0.1) is 6.42 Å². The molecule has 0 spiro atoms. The Morgan fingerprint density at radius 2 is 2.17 bits per heavy atom. The zero-order chi connectivity index (χ0) is 9.35. The highest BCUT2D eigenvalue weighted by molar-refractivity contribution is 5.63. The first-order valence-corrected chi connectivity index (χ1v) is 3.16. The molecule has 1 aliphatic heterocycles. The van der Waals surface area contributed by atoms with E-state index in [1.165, 1.54) is 0 Å². The Morgan fingerprint density at radius 1 is 1.58 bits per heavy atom. The first-order chi connectivity index (χ1) is 5.45. The van der Waals surface area contributed by atoms with Crippen LogP contribution in [-0.4, -0.2) is 24.3 Å². The summed E-state index contributed by atoms with van der Waals surface area (Å²) in [5.74, 6) is -1.27. The van der Waals surface area contributed by atoms with Crippen LogP contribution in [0.25, 0.3) is 0 Å². The highest BCUT2D eigenvalue weighted by atomic mass is 19.3. The summed E-state index contributed by atoms with van der Waals surface area (Å²) in [5.41, 5.74) is 0. The Hall–Kier alpha value is -1.31. The van der Waals surface area contributed by atoms with Crippen LogP contribution in [0.2, 0.25) is 0 Å². The summed E-state index contributed by atoms with van der Waals surface area (Å²) in [5, 5.41) is 0. The van der Waals surface area contributed by atoms with Gasteiger partial charge in [0.15, 0.2) is 0 Å². The monoisotopic (exact) mass is 176 g/mol. The van der Waals surface area contributed by atoms with Crippen molar-refractivity contribution in [3.63, 3.8) is 0 Å². The van der Waals surface area contributed by atoms with Crippen LogP contribution in [0.5, 0.6) is 0 Å². The minimum Gasteiger partial charge on any atom is -0.419 e. The van der Waals surface area contributed by atoms with Gasteiger partial charge in [0.1, 0.15) is 0 Å². The molecule has 0 aromatic rings. The third-order valence-corrected chi connectivity index (χ3v) is 1.39. The molecule has 1 heterocycles. The predicted molar refractivity (Wildman–Crippen MR) is 34.6 cm³/mol. The van der Waals surface area contributed by atoms with Gasteiger partial charge in [-0.05, 0) is 0 Å². The van der Waals surface area contributed by atoms with Gasteiger partial charge in [0.05, 0.1) is 0 Å². The molecule has 1 fully saturated rings. The lowest BCUT2D eigenvalue weighted by molar-refractivity contribution is -0.0866. The quantitative estimate of drug-likeness (QED) is 0.444. The van der Waals surface area contributed by atoms with Crippen molar-refractivity contribution in [3.8, 4) is 12.3 Å². The van der Waals surface area contributed by atoms with Crippen LogP contribution in [-0.2, 0) is 9.47 Å². The average molecular weight is 176 g/mol. The van der Waals surface area contributed by atoms with Crippen molar-refractivity contribution in [1.29, 1.82) is 0 Å². The van der Waals surface area contributed by atoms with Crippen LogP contribution in [0, 0.1) is 12.3 Å². The van der Waals surface area contributed by atoms with Crippen molar-refractivity contribution in [1.82, 2.24) is 0 Å². The number of carbonyl (C=O) groups is 1. The maximum absolute atomic E-state index is 12.6. The number of halogens is 2. The molecule has 0 bridgehead atoms. The minimum absolute atomic E-state index is 0.615. The number of hydrogen-bond acceptors (Lipinski definition) is 3. The van der Waals surface area contributed by atoms with Crippen LogP contribution in [0.1, 0.15) is 6.92 Å². The highest BCUT2D eigenvalue weighted by Gasteiger charge is 2.49. The number of carbonyl (C=O) groups excluding carboxylic acids is 1. The fraction of sp³-hybridized carbons (Fsp3) is 0.571. The van der Waals surface area contributed by atoms with Gasteiger partial charge in [-0.25, -0.2) is 13.6 Å². The lowest BCUT2D eigenvalue weighted by Crippen LogP contribution is -2.37. The molecular weight excluding hydrogens is 170 g/mol. The van der Waals surface area contributed by atoms with Gasteiger partial charge in [-0.2, -0.15) is 0 Å². The second-order valence-corrected chi connectivity index (χ2v) is 2.45. The molecule has 0 aromatic heterocycles. The normalized spacial score (nSPS) is 29.0. The SMILES string of the molecule is C#CC1OC(=O)OC1C(C)(F)F. The summed E-state index contributed by atoms with van der Waals surface area (Å²) < 4.78 is 33.6. The molecule has 1 saturated heterocycles. The fourth-order valence-corrected chi connectivity index (χ4v) is 0.849. The number of cyclic esters (lactones) is 2. The largest absolute Gasteiger partial charge is 0.510 e. The van der Waals surface area contributed by atoms with Crippen LogP contribution in [0.15, 0.2) is 0 Å². The molecule has 0 aliphatic carbocycles. The van der Waals surface area contributed by atoms with Gasteiger partial charge >= 0.3 is 6.16 Å². The molecule has 12 heavy (non-hydrogen) atoms. The van der Waals surface area contributed by atoms with Crippen molar-refractivity contribution in [3.05, 3.63) is 0 Å². The Balaban J connectivity index is 2.79. The van der Waals surface area contributed by atoms with Gasteiger partial charge in [0, 0.05) is 6.92 Å². The summed E-state index contributed by atoms with van der Waals surface area (Å²) in [4.78, 5) is 10.4. The van der Waals surface area contributed by atoms with Gasteiger partial charge in [0.25, 0.3) is 5.92 Å². The summed E-state index contributed by atoms with van der Waals surface area (Å²) in [7, 11) is 0.